The highest BCUT2D eigenvalue weighted by Crippen LogP contribution is 2.19. The Morgan fingerprint density at radius 1 is 0.787 bits per heavy atom. The van der Waals surface area contributed by atoms with Gasteiger partial charge in [-0.15, -0.1) is 0 Å². The van der Waals surface area contributed by atoms with Crippen molar-refractivity contribution in [2.24, 2.45) is 44.8 Å². The number of nitrogens with one attached hydrogen (secondary N) is 6. The summed E-state index contributed by atoms with van der Waals surface area (Å²) >= 11 is 0. The molecule has 16 N–H and O–H groups in total. The molecule has 0 aromatic heterocycles. The molecule has 26 heteroatoms. The zero-order valence-corrected chi connectivity index (χ0v) is 43.1. The predicted octanol–water partition coefficient (Wildman–Crippen LogP) is -1.70. The minimum atomic E-state index is -1.94. The van der Waals surface area contributed by atoms with Crippen LogP contribution < -0.4 is 54.8 Å². The molecule has 0 radical (unpaired) electrons. The van der Waals surface area contributed by atoms with Gasteiger partial charge >= 0.3 is 17.9 Å². The quantitative estimate of drug-likeness (QED) is 0.0207. The molecule has 75 heavy (non-hydrogen) atoms. The summed E-state index contributed by atoms with van der Waals surface area (Å²) in [6.45, 7) is 11.1. The number of likely N-dealkylation sites (N-methyl/N-ethyl adjacent to an activating group) is 1. The first-order chi connectivity index (χ1) is 35.2. The van der Waals surface area contributed by atoms with E-state index >= 15 is 0 Å². The van der Waals surface area contributed by atoms with Crippen LogP contribution in [0.3, 0.4) is 0 Å². The van der Waals surface area contributed by atoms with Gasteiger partial charge in [0.25, 0.3) is 5.91 Å². The van der Waals surface area contributed by atoms with Gasteiger partial charge in [-0.25, -0.2) is 9.59 Å². The molecule has 0 bridgehead atoms. The molecule has 26 nitrogen and oxygen atoms in total. The lowest BCUT2D eigenvalue weighted by Crippen LogP contribution is -2.56. The van der Waals surface area contributed by atoms with Gasteiger partial charge < -0.3 is 74.7 Å². The highest BCUT2D eigenvalue weighted by molar-refractivity contribution is 6.00. The number of carbonyl (C=O) groups is 10. The summed E-state index contributed by atoms with van der Waals surface area (Å²) in [5.41, 5.74) is 22.9. The molecule has 7 amide bonds. The summed E-state index contributed by atoms with van der Waals surface area (Å²) in [7, 11) is 1.18. The van der Waals surface area contributed by atoms with Crippen LogP contribution in [0.4, 0.5) is 0 Å². The third-order valence-electron chi connectivity index (χ3n) is 11.8. The molecule has 0 aliphatic carbocycles. The van der Waals surface area contributed by atoms with Crippen molar-refractivity contribution in [2.45, 2.75) is 128 Å². The molecular formula is C49H73N13O13. The van der Waals surface area contributed by atoms with Crippen molar-refractivity contribution in [2.75, 3.05) is 20.1 Å². The van der Waals surface area contributed by atoms with Crippen LogP contribution in [0.1, 0.15) is 85.1 Å². The average molecular weight is 1050 g/mol. The van der Waals surface area contributed by atoms with E-state index in [0.717, 1.165) is 10.5 Å². The van der Waals surface area contributed by atoms with Crippen molar-refractivity contribution >= 4 is 71.2 Å². The molecule has 1 heterocycles. The zero-order chi connectivity index (χ0) is 56.5. The molecular weight excluding hydrogens is 979 g/mol. The minimum Gasteiger partial charge on any atom is -0.480 e. The predicted molar refractivity (Wildman–Crippen MR) is 275 cm³/mol. The Morgan fingerprint density at radius 2 is 1.33 bits per heavy atom. The summed E-state index contributed by atoms with van der Waals surface area (Å²) in [6.07, 6.45) is 2.53. The monoisotopic (exact) mass is 1050 g/mol. The second-order valence-corrected chi connectivity index (χ2v) is 18.0. The van der Waals surface area contributed by atoms with Gasteiger partial charge in [0, 0.05) is 45.8 Å². The van der Waals surface area contributed by atoms with Crippen molar-refractivity contribution in [3.05, 3.63) is 72.0 Å². The molecule has 1 aliphatic heterocycles. The molecule has 1 fully saturated rings. The molecule has 1 aromatic rings. The topological polar surface area (TPSA) is 425 Å². The number of carbonyl (C=O) groups excluding carboxylic acids is 8. The first-order valence-corrected chi connectivity index (χ1v) is 24.1. The van der Waals surface area contributed by atoms with Crippen LogP contribution in [-0.2, 0) is 59.1 Å². The number of allylic oxidation sites excluding steroid dienone is 2. The Hall–Kier alpha value is -8.32. The van der Waals surface area contributed by atoms with Gasteiger partial charge in [0.05, 0.1) is 18.4 Å². The Bertz CT molecular complexity index is 2350. The van der Waals surface area contributed by atoms with Crippen molar-refractivity contribution < 1.29 is 62.9 Å². The standard InChI is InChI=1S/C49H73N13O13/c1-26(23-27(2)38(75-31(6)63)24-32-13-9-8-10-14-32)17-18-33-28(3)41(66)60-36(46(71)72)19-20-40(65)62(7)30(5)43(68)56-29(4)42(67)59-35(16-12-22-55-49(52)53)45(70)61-37(47(73)74)25-39(64)57-34(44(69)58-33)15-11-21-54-48(50)51/h8-10,13-14,17-18,23,27-29,33-38H,5,11-12,15-16,19-22,24-25H2,1-4,6-7H3,(H,56,68)(H,57,64)(H,58,69)(H,59,67)(H,60,66)(H,61,70)(H,71,72)(H,73,74)(H4,50,51,54)(H4,52,53,55)/b18-17+,26-23+/t27-,28-,29+,33?,34-,35-,36?,37+,38-/m0/s1. The van der Waals surface area contributed by atoms with Crippen LogP contribution >= 0.6 is 0 Å². The van der Waals surface area contributed by atoms with Crippen LogP contribution in [-0.4, -0.2) is 149 Å². The van der Waals surface area contributed by atoms with Crippen LogP contribution in [0.2, 0.25) is 0 Å². The number of aliphatic imine (C=N–C) groups is 2. The Labute approximate surface area is 435 Å². The number of aliphatic carboxylic acids is 2. The molecule has 1 aliphatic rings. The van der Waals surface area contributed by atoms with E-state index in [1.807, 2.05) is 43.3 Å². The van der Waals surface area contributed by atoms with Crippen LogP contribution in [0.15, 0.2) is 76.4 Å². The van der Waals surface area contributed by atoms with E-state index in [2.05, 4.69) is 48.5 Å². The maximum Gasteiger partial charge on any atom is 0.326 e. The molecule has 0 saturated carbocycles. The number of ether oxygens (including phenoxy) is 1. The van der Waals surface area contributed by atoms with E-state index in [1.165, 1.54) is 33.9 Å². The van der Waals surface area contributed by atoms with Gasteiger partial charge in [-0.1, -0.05) is 74.6 Å². The fourth-order valence-electron chi connectivity index (χ4n) is 7.39. The molecule has 412 valence electrons. The smallest absolute Gasteiger partial charge is 0.326 e. The van der Waals surface area contributed by atoms with Gasteiger partial charge in [0.1, 0.15) is 42.0 Å². The van der Waals surface area contributed by atoms with E-state index < -0.39 is 132 Å². The number of rotatable bonds is 17. The lowest BCUT2D eigenvalue weighted by atomic mass is 9.94. The molecule has 2 unspecified atom stereocenters. The van der Waals surface area contributed by atoms with E-state index in [-0.39, 0.29) is 56.6 Å². The summed E-state index contributed by atoms with van der Waals surface area (Å²) in [5.74, 6) is -12.5. The van der Waals surface area contributed by atoms with Gasteiger partial charge in [0.15, 0.2) is 11.9 Å². The van der Waals surface area contributed by atoms with Crippen LogP contribution in [0, 0.1) is 11.8 Å². The number of esters is 1. The van der Waals surface area contributed by atoms with Gasteiger partial charge in [0.2, 0.25) is 35.4 Å². The normalized spacial score (nSPS) is 23.3. The first-order valence-electron chi connectivity index (χ1n) is 24.1. The number of guanidine groups is 2. The molecule has 1 aromatic carbocycles. The molecule has 1 saturated heterocycles. The highest BCUT2D eigenvalue weighted by atomic mass is 16.5. The van der Waals surface area contributed by atoms with Gasteiger partial charge in [-0.05, 0) is 51.5 Å². The maximum absolute atomic E-state index is 14.3. The molecule has 2 rings (SSSR count). The minimum absolute atomic E-state index is 0.0124. The highest BCUT2D eigenvalue weighted by Gasteiger charge is 2.34. The number of hydrogen-bond donors (Lipinski definition) is 12. The number of nitrogens with two attached hydrogens (primary N) is 4. The number of nitrogens with zero attached hydrogens (tertiary/aromatic N) is 3. The number of carboxylic acid groups (broad SMARTS) is 2. The van der Waals surface area contributed by atoms with Crippen molar-refractivity contribution in [1.29, 1.82) is 0 Å². The second kappa shape index (κ2) is 31.3. The largest absolute Gasteiger partial charge is 0.480 e. The third kappa shape index (κ3) is 23.0. The van der Waals surface area contributed by atoms with E-state index in [4.69, 9.17) is 27.7 Å². The Balaban J connectivity index is 2.73. The van der Waals surface area contributed by atoms with Crippen LogP contribution in [0.5, 0.6) is 0 Å². The Morgan fingerprint density at radius 3 is 1.88 bits per heavy atom. The van der Waals surface area contributed by atoms with Gasteiger partial charge in [-0.2, -0.15) is 0 Å². The summed E-state index contributed by atoms with van der Waals surface area (Å²) in [4.78, 5) is 142. The van der Waals surface area contributed by atoms with E-state index in [0.29, 0.717) is 12.0 Å². The number of benzene rings is 1. The molecule has 9 atom stereocenters. The number of hydrogen-bond acceptors (Lipinski definition) is 13. The fourth-order valence-corrected chi connectivity index (χ4v) is 7.39. The second-order valence-electron chi connectivity index (χ2n) is 18.0. The Kier molecular flexibility index (Phi) is 26.2. The maximum atomic E-state index is 14.3. The summed E-state index contributed by atoms with van der Waals surface area (Å²) < 4.78 is 5.67. The number of amides is 7. The van der Waals surface area contributed by atoms with Crippen molar-refractivity contribution in [3.8, 4) is 0 Å². The SMILES string of the molecule is C=C1C(=O)N[C@H](C)C(=O)N[C@@H](CCCN=C(N)N)C(=O)N[C@@H](C(=O)O)CC(=O)N[C@@H](CCCN=C(N)N)C(=O)NC(/C=C/C(C)=C/[C@H](C)[C@H](Cc2ccccc2)OC(C)=O)[C@H](C)C(=O)NC(C(=O)O)CCC(=O)N1C. The number of carboxylic acids is 2. The van der Waals surface area contributed by atoms with Crippen molar-refractivity contribution in [3.63, 3.8) is 0 Å². The molecule has 0 spiro atoms. The third-order valence-corrected chi connectivity index (χ3v) is 11.8. The first kappa shape index (κ1) is 62.8. The van der Waals surface area contributed by atoms with E-state index in [1.54, 1.807) is 13.0 Å². The average Bonchev–Trinajstić information content (AvgIpc) is 3.33. The van der Waals surface area contributed by atoms with Gasteiger partial charge in [-0.3, -0.25) is 48.3 Å². The lowest BCUT2D eigenvalue weighted by Gasteiger charge is -2.27. The summed E-state index contributed by atoms with van der Waals surface area (Å²) in [5, 5.41) is 35.0. The van der Waals surface area contributed by atoms with Crippen molar-refractivity contribution in [1.82, 2.24) is 36.8 Å². The zero-order valence-electron chi connectivity index (χ0n) is 43.1. The van der Waals surface area contributed by atoms with E-state index in [9.17, 15) is 58.2 Å². The lowest BCUT2D eigenvalue weighted by molar-refractivity contribution is -0.148. The van der Waals surface area contributed by atoms with Crippen LogP contribution in [0.25, 0.3) is 0 Å². The fraction of sp³-hybridized carbons (Fsp3) is 0.510. The summed E-state index contributed by atoms with van der Waals surface area (Å²) in [6, 6.07) is 0.149.